The Labute approximate surface area is 113 Å². The van der Waals surface area contributed by atoms with E-state index in [1.807, 2.05) is 0 Å². The van der Waals surface area contributed by atoms with Crippen LogP contribution in [0.1, 0.15) is 20.7 Å². The third kappa shape index (κ3) is 2.22. The lowest BCUT2D eigenvalue weighted by Gasteiger charge is -2.13. The monoisotopic (exact) mass is 280 g/mol. The Morgan fingerprint density at radius 1 is 1.32 bits per heavy atom. The van der Waals surface area contributed by atoms with Gasteiger partial charge in [-0.1, -0.05) is 6.58 Å². The van der Waals surface area contributed by atoms with Gasteiger partial charge in [-0.15, -0.1) is 11.6 Å². The number of hydrogen-bond donors (Lipinski definition) is 0. The van der Waals surface area contributed by atoms with Crippen molar-refractivity contribution in [1.29, 1.82) is 0 Å². The van der Waals surface area contributed by atoms with E-state index in [-0.39, 0.29) is 29.2 Å². The number of amides is 2. The number of nitrogens with zero attached hydrogens (tertiary/aromatic N) is 2. The number of non-ortho nitro benzene ring substituents is 1. The van der Waals surface area contributed by atoms with Crippen LogP contribution in [0.25, 0.3) is 0 Å². The number of imide groups is 1. The number of alkyl halides is 1. The van der Waals surface area contributed by atoms with Gasteiger partial charge in [-0.05, 0) is 11.6 Å². The van der Waals surface area contributed by atoms with E-state index in [9.17, 15) is 19.7 Å². The number of carbonyl (C=O) groups excluding carboxylic acids is 2. The maximum absolute atomic E-state index is 12.0. The summed E-state index contributed by atoms with van der Waals surface area (Å²) in [5.41, 5.74) is 0.503. The number of carbonyl (C=O) groups is 2. The molecule has 19 heavy (non-hydrogen) atoms. The van der Waals surface area contributed by atoms with E-state index >= 15 is 0 Å². The number of rotatable bonds is 4. The summed E-state index contributed by atoms with van der Waals surface area (Å²) in [6, 6.07) is 3.60. The Morgan fingerprint density at radius 2 is 1.95 bits per heavy atom. The van der Waals surface area contributed by atoms with E-state index in [4.69, 9.17) is 11.6 Å². The third-order valence-corrected chi connectivity index (χ3v) is 3.11. The molecule has 98 valence electrons. The molecule has 0 fully saturated rings. The molecule has 2 amide bonds. The summed E-state index contributed by atoms with van der Waals surface area (Å²) >= 11 is 5.57. The molecule has 2 rings (SSSR count). The minimum atomic E-state index is -0.613. The number of halogens is 1. The number of hydrogen-bond acceptors (Lipinski definition) is 4. The molecule has 0 saturated carbocycles. The Morgan fingerprint density at radius 3 is 2.53 bits per heavy atom. The van der Waals surface area contributed by atoms with Crippen molar-refractivity contribution in [3.8, 4) is 0 Å². The first kappa shape index (κ1) is 13.2. The molecule has 7 heteroatoms. The standard InChI is InChI=1S/C12H9ClN2O4/c1-7(5-13)6-14-11(16)9-3-2-8(15(18)19)4-10(9)12(14)17/h2-4H,1,5-6H2. The van der Waals surface area contributed by atoms with Crippen molar-refractivity contribution in [3.63, 3.8) is 0 Å². The predicted octanol–water partition coefficient (Wildman–Crippen LogP) is 1.99. The highest BCUT2D eigenvalue weighted by Gasteiger charge is 2.36. The average molecular weight is 281 g/mol. The van der Waals surface area contributed by atoms with Crippen LogP contribution < -0.4 is 0 Å². The molecule has 1 aliphatic rings. The molecule has 0 saturated heterocycles. The number of fused-ring (bicyclic) bond motifs is 1. The normalized spacial score (nSPS) is 13.6. The molecule has 1 aromatic rings. The maximum atomic E-state index is 12.0. The SMILES string of the molecule is C=C(CCl)CN1C(=O)c2ccc([N+](=O)[O-])cc2C1=O. The van der Waals surface area contributed by atoms with Gasteiger partial charge >= 0.3 is 0 Å². The second-order valence-corrected chi connectivity index (χ2v) is 4.33. The molecular formula is C12H9ClN2O4. The minimum absolute atomic E-state index is 0.0175. The number of nitro groups is 1. The van der Waals surface area contributed by atoms with Crippen LogP contribution >= 0.6 is 11.6 Å². The van der Waals surface area contributed by atoms with Gasteiger partial charge in [-0.3, -0.25) is 24.6 Å². The first-order chi connectivity index (χ1) is 8.95. The van der Waals surface area contributed by atoms with Crippen LogP contribution in [0.5, 0.6) is 0 Å². The van der Waals surface area contributed by atoms with Crippen LogP contribution in [0.3, 0.4) is 0 Å². The minimum Gasteiger partial charge on any atom is -0.270 e. The Hall–Kier alpha value is -2.21. The van der Waals surface area contributed by atoms with Crippen molar-refractivity contribution in [2.75, 3.05) is 12.4 Å². The van der Waals surface area contributed by atoms with Gasteiger partial charge in [0.05, 0.1) is 22.6 Å². The first-order valence-corrected chi connectivity index (χ1v) is 5.86. The predicted molar refractivity (Wildman–Crippen MR) is 68.3 cm³/mol. The number of benzene rings is 1. The quantitative estimate of drug-likeness (QED) is 0.278. The number of nitro benzene ring substituents is 1. The van der Waals surface area contributed by atoms with E-state index in [0.29, 0.717) is 5.57 Å². The van der Waals surface area contributed by atoms with Crippen LogP contribution in [-0.2, 0) is 0 Å². The molecule has 6 nitrogen and oxygen atoms in total. The molecule has 1 aliphatic heterocycles. The summed E-state index contributed by atoms with van der Waals surface area (Å²) in [5.74, 6) is -0.913. The third-order valence-electron chi connectivity index (χ3n) is 2.74. The molecule has 0 N–H and O–H groups in total. The van der Waals surface area contributed by atoms with E-state index in [2.05, 4.69) is 6.58 Å². The molecule has 1 aromatic carbocycles. The van der Waals surface area contributed by atoms with Crippen molar-refractivity contribution in [2.45, 2.75) is 0 Å². The van der Waals surface area contributed by atoms with Gasteiger partial charge in [-0.2, -0.15) is 0 Å². The summed E-state index contributed by atoms with van der Waals surface area (Å²) < 4.78 is 0. The summed E-state index contributed by atoms with van der Waals surface area (Å²) in [7, 11) is 0. The Bertz CT molecular complexity index is 612. The molecular weight excluding hydrogens is 272 g/mol. The maximum Gasteiger partial charge on any atom is 0.270 e. The smallest absolute Gasteiger partial charge is 0.270 e. The van der Waals surface area contributed by atoms with Crippen LogP contribution in [0.2, 0.25) is 0 Å². The zero-order chi connectivity index (χ0) is 14.2. The van der Waals surface area contributed by atoms with E-state index in [1.165, 1.54) is 12.1 Å². The molecule has 0 bridgehead atoms. The molecule has 0 spiro atoms. The van der Waals surface area contributed by atoms with Gasteiger partial charge in [0, 0.05) is 18.0 Å². The van der Waals surface area contributed by atoms with Crippen LogP contribution in [0, 0.1) is 10.1 Å². The van der Waals surface area contributed by atoms with Gasteiger partial charge < -0.3 is 0 Å². The fourth-order valence-electron chi connectivity index (χ4n) is 1.80. The van der Waals surface area contributed by atoms with Crippen molar-refractivity contribution >= 4 is 29.1 Å². The average Bonchev–Trinajstić information content (AvgIpc) is 2.63. The van der Waals surface area contributed by atoms with Crippen molar-refractivity contribution < 1.29 is 14.5 Å². The highest BCUT2D eigenvalue weighted by atomic mass is 35.5. The molecule has 0 atom stereocenters. The molecule has 0 unspecified atom stereocenters. The summed E-state index contributed by atoms with van der Waals surface area (Å²) in [6.07, 6.45) is 0. The topological polar surface area (TPSA) is 80.5 Å². The fourth-order valence-corrected chi connectivity index (χ4v) is 1.89. The summed E-state index contributed by atoms with van der Waals surface area (Å²) in [6.45, 7) is 3.65. The fraction of sp³-hybridized carbons (Fsp3) is 0.167. The lowest BCUT2D eigenvalue weighted by Crippen LogP contribution is -2.31. The van der Waals surface area contributed by atoms with Crippen molar-refractivity contribution in [2.24, 2.45) is 0 Å². The van der Waals surface area contributed by atoms with E-state index < -0.39 is 16.7 Å². The van der Waals surface area contributed by atoms with Crippen molar-refractivity contribution in [1.82, 2.24) is 4.90 Å². The first-order valence-electron chi connectivity index (χ1n) is 5.33. The van der Waals surface area contributed by atoms with Gasteiger partial charge in [0.15, 0.2) is 0 Å². The second-order valence-electron chi connectivity index (χ2n) is 4.07. The van der Waals surface area contributed by atoms with Gasteiger partial charge in [0.2, 0.25) is 0 Å². The van der Waals surface area contributed by atoms with Gasteiger partial charge in [0.25, 0.3) is 17.5 Å². The van der Waals surface area contributed by atoms with Crippen LogP contribution in [-0.4, -0.2) is 34.1 Å². The zero-order valence-electron chi connectivity index (χ0n) is 9.76. The van der Waals surface area contributed by atoms with E-state index in [0.717, 1.165) is 11.0 Å². The highest BCUT2D eigenvalue weighted by Crippen LogP contribution is 2.27. The summed E-state index contributed by atoms with van der Waals surface area (Å²) in [5, 5.41) is 10.7. The molecule has 0 aromatic heterocycles. The molecule has 0 radical (unpaired) electrons. The molecule has 0 aliphatic carbocycles. The lowest BCUT2D eigenvalue weighted by molar-refractivity contribution is -0.384. The molecule has 1 heterocycles. The van der Waals surface area contributed by atoms with Gasteiger partial charge in [-0.25, -0.2) is 0 Å². The zero-order valence-corrected chi connectivity index (χ0v) is 10.5. The largest absolute Gasteiger partial charge is 0.270 e. The van der Waals surface area contributed by atoms with Crippen LogP contribution in [0.4, 0.5) is 5.69 Å². The lowest BCUT2D eigenvalue weighted by atomic mass is 10.1. The Balaban J connectivity index is 2.38. The Kier molecular flexibility index (Phi) is 3.35. The van der Waals surface area contributed by atoms with E-state index in [1.54, 1.807) is 0 Å². The summed E-state index contributed by atoms with van der Waals surface area (Å²) in [4.78, 5) is 35.1. The van der Waals surface area contributed by atoms with Crippen LogP contribution in [0.15, 0.2) is 30.4 Å². The van der Waals surface area contributed by atoms with Crippen molar-refractivity contribution in [3.05, 3.63) is 51.6 Å². The van der Waals surface area contributed by atoms with Gasteiger partial charge in [0.1, 0.15) is 0 Å². The highest BCUT2D eigenvalue weighted by molar-refractivity contribution is 6.22. The second kappa shape index (κ2) is 4.81.